The van der Waals surface area contributed by atoms with Gasteiger partial charge < -0.3 is 5.73 Å². The van der Waals surface area contributed by atoms with Crippen molar-refractivity contribution >= 4 is 5.69 Å². The normalized spacial score (nSPS) is 19.0. The molecule has 0 saturated heterocycles. The van der Waals surface area contributed by atoms with E-state index in [1.807, 2.05) is 0 Å². The van der Waals surface area contributed by atoms with Crippen molar-refractivity contribution in [3.63, 3.8) is 0 Å². The third-order valence-electron chi connectivity index (χ3n) is 2.69. The lowest BCUT2D eigenvalue weighted by Gasteiger charge is -2.14. The second-order valence-electron chi connectivity index (χ2n) is 3.58. The Labute approximate surface area is 75.6 Å². The number of nitrogen functional groups attached to an aromatic ring is 1. The summed E-state index contributed by atoms with van der Waals surface area (Å²) in [5.74, 6) is 0. The molecule has 0 unspecified atom stereocenters. The Balaban J connectivity index is 2.31. The van der Waals surface area contributed by atoms with Gasteiger partial charge in [0, 0.05) is 5.69 Å². The largest absolute Gasteiger partial charge is 0.399 e. The second-order valence-corrected chi connectivity index (χ2v) is 3.58. The molecule has 3 heteroatoms. The maximum Gasteiger partial charge on any atom is 0.248 e. The molecule has 0 amide bonds. The van der Waals surface area contributed by atoms with Crippen LogP contribution in [0.1, 0.15) is 18.4 Å². The summed E-state index contributed by atoms with van der Waals surface area (Å²) < 4.78 is 25.3. The van der Waals surface area contributed by atoms with Crippen molar-refractivity contribution in [3.05, 3.63) is 29.8 Å². The molecule has 0 radical (unpaired) electrons. The molecule has 1 aromatic rings. The third-order valence-corrected chi connectivity index (χ3v) is 2.69. The fraction of sp³-hybridized carbons (Fsp3) is 0.400. The van der Waals surface area contributed by atoms with Crippen molar-refractivity contribution < 1.29 is 8.78 Å². The van der Waals surface area contributed by atoms with Crippen LogP contribution in [0.3, 0.4) is 0 Å². The zero-order chi connectivity index (χ0) is 9.47. The highest BCUT2D eigenvalue weighted by Gasteiger charge is 2.52. The van der Waals surface area contributed by atoms with Crippen molar-refractivity contribution in [1.29, 1.82) is 0 Å². The van der Waals surface area contributed by atoms with E-state index in [2.05, 4.69) is 0 Å². The third kappa shape index (κ3) is 1.28. The number of hydrogen-bond acceptors (Lipinski definition) is 1. The molecule has 1 saturated carbocycles. The van der Waals surface area contributed by atoms with Crippen molar-refractivity contribution in [1.82, 2.24) is 0 Å². The van der Waals surface area contributed by atoms with Crippen LogP contribution in [0.2, 0.25) is 0 Å². The predicted octanol–water partition coefficient (Wildman–Crippen LogP) is 2.57. The zero-order valence-corrected chi connectivity index (χ0v) is 7.13. The number of hydrogen-bond donors (Lipinski definition) is 1. The molecule has 1 nitrogen and oxygen atoms in total. The molecule has 1 aromatic carbocycles. The quantitative estimate of drug-likeness (QED) is 0.700. The SMILES string of the molecule is Nc1ccc(C2(C(F)F)CC2)cc1. The van der Waals surface area contributed by atoms with Gasteiger partial charge in [0.2, 0.25) is 6.43 Å². The van der Waals surface area contributed by atoms with Crippen LogP contribution in [0.4, 0.5) is 14.5 Å². The molecular weight excluding hydrogens is 172 g/mol. The Morgan fingerprint density at radius 2 is 1.69 bits per heavy atom. The van der Waals surface area contributed by atoms with Gasteiger partial charge in [0.15, 0.2) is 0 Å². The first kappa shape index (κ1) is 8.48. The van der Waals surface area contributed by atoms with Gasteiger partial charge in [-0.15, -0.1) is 0 Å². The van der Waals surface area contributed by atoms with Gasteiger partial charge in [0.05, 0.1) is 5.41 Å². The van der Waals surface area contributed by atoms with E-state index in [-0.39, 0.29) is 0 Å². The first-order valence-corrected chi connectivity index (χ1v) is 4.29. The van der Waals surface area contributed by atoms with Crippen LogP contribution in [-0.4, -0.2) is 6.43 Å². The van der Waals surface area contributed by atoms with E-state index in [1.165, 1.54) is 0 Å². The molecule has 1 aliphatic carbocycles. The molecule has 0 atom stereocenters. The van der Waals surface area contributed by atoms with Gasteiger partial charge in [0.25, 0.3) is 0 Å². The Bertz CT molecular complexity index is 301. The van der Waals surface area contributed by atoms with Gasteiger partial charge in [-0.1, -0.05) is 12.1 Å². The molecule has 13 heavy (non-hydrogen) atoms. The highest BCUT2D eigenvalue weighted by Crippen LogP contribution is 2.52. The van der Waals surface area contributed by atoms with Crippen molar-refractivity contribution in [2.24, 2.45) is 0 Å². The minimum Gasteiger partial charge on any atom is -0.399 e. The first-order chi connectivity index (χ1) is 6.15. The summed E-state index contributed by atoms with van der Waals surface area (Å²) in [5.41, 5.74) is 5.96. The van der Waals surface area contributed by atoms with E-state index < -0.39 is 11.8 Å². The Morgan fingerprint density at radius 1 is 1.15 bits per heavy atom. The molecule has 70 valence electrons. The van der Waals surface area contributed by atoms with Crippen LogP contribution >= 0.6 is 0 Å². The summed E-state index contributed by atoms with van der Waals surface area (Å²) in [7, 11) is 0. The van der Waals surface area contributed by atoms with Crippen LogP contribution < -0.4 is 5.73 Å². The van der Waals surface area contributed by atoms with Gasteiger partial charge in [-0.25, -0.2) is 8.78 Å². The van der Waals surface area contributed by atoms with Gasteiger partial charge >= 0.3 is 0 Å². The van der Waals surface area contributed by atoms with Crippen LogP contribution in [0.5, 0.6) is 0 Å². The summed E-state index contributed by atoms with van der Waals surface area (Å²) >= 11 is 0. The lowest BCUT2D eigenvalue weighted by Crippen LogP contribution is -2.17. The second kappa shape index (κ2) is 2.69. The molecule has 0 aromatic heterocycles. The lowest BCUT2D eigenvalue weighted by molar-refractivity contribution is 0.102. The van der Waals surface area contributed by atoms with Crippen LogP contribution in [0.15, 0.2) is 24.3 Å². The Morgan fingerprint density at radius 3 is 2.08 bits per heavy atom. The summed E-state index contributed by atoms with van der Waals surface area (Å²) in [6.07, 6.45) is -1.07. The number of benzene rings is 1. The predicted molar refractivity (Wildman–Crippen MR) is 47.8 cm³/mol. The summed E-state index contributed by atoms with van der Waals surface area (Å²) in [6, 6.07) is 6.76. The van der Waals surface area contributed by atoms with Gasteiger partial charge in [-0.05, 0) is 30.5 Å². The maximum absolute atomic E-state index is 12.6. The average Bonchev–Trinajstić information content (AvgIpc) is 2.86. The molecule has 0 heterocycles. The topological polar surface area (TPSA) is 26.0 Å². The Kier molecular flexibility index (Phi) is 1.75. The number of anilines is 1. The molecule has 1 fully saturated rings. The molecule has 2 N–H and O–H groups in total. The van der Waals surface area contributed by atoms with Crippen LogP contribution in [0, 0.1) is 0 Å². The maximum atomic E-state index is 12.6. The van der Waals surface area contributed by atoms with Crippen molar-refractivity contribution in [2.75, 3.05) is 5.73 Å². The molecule has 1 aliphatic rings. The average molecular weight is 183 g/mol. The lowest BCUT2D eigenvalue weighted by atomic mass is 9.96. The van der Waals surface area contributed by atoms with E-state index in [4.69, 9.17) is 5.73 Å². The van der Waals surface area contributed by atoms with E-state index >= 15 is 0 Å². The standard InChI is InChI=1S/C10H11F2N/c11-9(12)10(5-6-10)7-1-3-8(13)4-2-7/h1-4,9H,5-6,13H2. The van der Waals surface area contributed by atoms with Crippen LogP contribution in [0.25, 0.3) is 0 Å². The van der Waals surface area contributed by atoms with E-state index in [0.717, 1.165) is 5.56 Å². The van der Waals surface area contributed by atoms with Gasteiger partial charge in [-0.2, -0.15) is 0 Å². The molecular formula is C10H11F2N. The molecule has 0 spiro atoms. The number of nitrogens with two attached hydrogens (primary N) is 1. The fourth-order valence-electron chi connectivity index (χ4n) is 1.58. The number of rotatable bonds is 2. The molecule has 0 bridgehead atoms. The van der Waals surface area contributed by atoms with Gasteiger partial charge in [-0.3, -0.25) is 0 Å². The Hall–Kier alpha value is -1.12. The minimum absolute atomic E-state index is 0.592. The summed E-state index contributed by atoms with van der Waals surface area (Å²) in [5, 5.41) is 0. The number of halogens is 2. The number of alkyl halides is 2. The van der Waals surface area contributed by atoms with Crippen molar-refractivity contribution in [2.45, 2.75) is 24.7 Å². The first-order valence-electron chi connectivity index (χ1n) is 4.29. The van der Waals surface area contributed by atoms with Crippen LogP contribution in [-0.2, 0) is 5.41 Å². The monoisotopic (exact) mass is 183 g/mol. The summed E-state index contributed by atoms with van der Waals surface area (Å²) in [6.45, 7) is 0. The molecule has 0 aliphatic heterocycles. The smallest absolute Gasteiger partial charge is 0.248 e. The molecule has 2 rings (SSSR count). The highest BCUT2D eigenvalue weighted by molar-refractivity contribution is 5.43. The van der Waals surface area contributed by atoms with Crippen molar-refractivity contribution in [3.8, 4) is 0 Å². The van der Waals surface area contributed by atoms with E-state index in [0.29, 0.717) is 18.5 Å². The zero-order valence-electron chi connectivity index (χ0n) is 7.13. The van der Waals surface area contributed by atoms with E-state index in [9.17, 15) is 8.78 Å². The highest BCUT2D eigenvalue weighted by atomic mass is 19.3. The van der Waals surface area contributed by atoms with Gasteiger partial charge in [0.1, 0.15) is 0 Å². The fourth-order valence-corrected chi connectivity index (χ4v) is 1.58. The minimum atomic E-state index is -2.25. The summed E-state index contributed by atoms with van der Waals surface area (Å²) in [4.78, 5) is 0. The van der Waals surface area contributed by atoms with E-state index in [1.54, 1.807) is 24.3 Å².